The van der Waals surface area contributed by atoms with Gasteiger partial charge >= 0.3 is 0 Å². The molecule has 0 amide bonds. The van der Waals surface area contributed by atoms with Crippen molar-refractivity contribution in [2.75, 3.05) is 18.6 Å². The number of rotatable bonds is 0. The van der Waals surface area contributed by atoms with Crippen molar-refractivity contribution < 1.29 is 0 Å². The van der Waals surface area contributed by atoms with Gasteiger partial charge in [-0.05, 0) is 44.2 Å². The van der Waals surface area contributed by atoms with Gasteiger partial charge in [0.1, 0.15) is 0 Å². The van der Waals surface area contributed by atoms with Gasteiger partial charge < -0.3 is 4.90 Å². The smallest absolute Gasteiger partial charge is 0.0757 e. The minimum absolute atomic E-state index is 0.478. The first-order valence-electron chi connectivity index (χ1n) is 7.10. The Hall–Kier alpha value is -1.45. The van der Waals surface area contributed by atoms with Crippen LogP contribution in [-0.4, -0.2) is 24.7 Å². The molecule has 0 bridgehead atoms. The number of anilines is 1. The minimum atomic E-state index is 0.478. The van der Waals surface area contributed by atoms with Gasteiger partial charge in [-0.1, -0.05) is 36.0 Å². The average molecular weight is 282 g/mol. The van der Waals surface area contributed by atoms with E-state index in [1.807, 2.05) is 11.8 Å². The summed E-state index contributed by atoms with van der Waals surface area (Å²) in [4.78, 5) is 7.71. The van der Waals surface area contributed by atoms with Crippen molar-refractivity contribution in [3.8, 4) is 0 Å². The van der Waals surface area contributed by atoms with Gasteiger partial charge in [-0.25, -0.2) is 0 Å². The Morgan fingerprint density at radius 3 is 3.00 bits per heavy atom. The van der Waals surface area contributed by atoms with Crippen LogP contribution in [0.1, 0.15) is 13.3 Å². The molecule has 0 N–H and O–H groups in total. The summed E-state index contributed by atoms with van der Waals surface area (Å²) in [6, 6.07) is 9.25. The summed E-state index contributed by atoms with van der Waals surface area (Å²) in [5, 5.41) is 0. The molecule has 1 unspecified atom stereocenters. The van der Waals surface area contributed by atoms with Crippen LogP contribution in [0, 0.1) is 0 Å². The summed E-state index contributed by atoms with van der Waals surface area (Å²) in [5.74, 6) is 0. The quantitative estimate of drug-likeness (QED) is 0.710. The van der Waals surface area contributed by atoms with E-state index in [0.29, 0.717) is 6.04 Å². The average Bonchev–Trinajstić information content (AvgIpc) is 2.68. The van der Waals surface area contributed by atoms with Gasteiger partial charge in [0.2, 0.25) is 0 Å². The second-order valence-corrected chi connectivity index (χ2v) is 6.68. The molecule has 1 aromatic rings. The van der Waals surface area contributed by atoms with Crippen LogP contribution in [0.3, 0.4) is 0 Å². The van der Waals surface area contributed by atoms with E-state index in [1.165, 1.54) is 26.8 Å². The van der Waals surface area contributed by atoms with Gasteiger partial charge in [0.25, 0.3) is 0 Å². The van der Waals surface area contributed by atoms with Gasteiger partial charge in [-0.2, -0.15) is 0 Å². The number of thioether (sulfide) groups is 1. The normalized spacial score (nSPS) is 25.0. The lowest BCUT2D eigenvalue weighted by Gasteiger charge is -2.22. The zero-order valence-corrected chi connectivity index (χ0v) is 12.7. The van der Waals surface area contributed by atoms with E-state index in [0.717, 1.165) is 13.1 Å². The number of nitrogens with zero attached hydrogens (tertiary/aromatic N) is 2. The molecule has 2 heterocycles. The van der Waals surface area contributed by atoms with Crippen molar-refractivity contribution in [3.63, 3.8) is 0 Å². The number of hydrogen-bond acceptors (Lipinski definition) is 3. The van der Waals surface area contributed by atoms with Crippen LogP contribution >= 0.6 is 11.8 Å². The minimum Gasteiger partial charge on any atom is -0.329 e. The van der Waals surface area contributed by atoms with Crippen LogP contribution in [0.2, 0.25) is 0 Å². The first-order valence-corrected chi connectivity index (χ1v) is 7.92. The summed E-state index contributed by atoms with van der Waals surface area (Å²) in [7, 11) is 2.21. The van der Waals surface area contributed by atoms with E-state index in [9.17, 15) is 0 Å². The molecule has 0 aromatic heterocycles. The largest absolute Gasteiger partial charge is 0.329 e. The van der Waals surface area contributed by atoms with Crippen LogP contribution in [0.4, 0.5) is 5.69 Å². The highest BCUT2D eigenvalue weighted by Gasteiger charge is 2.36. The zero-order chi connectivity index (χ0) is 13.7. The number of fused-ring (bicyclic) bond motifs is 4. The molecule has 1 aliphatic carbocycles. The molecule has 0 saturated carbocycles. The first kappa shape index (κ1) is 12.3. The van der Waals surface area contributed by atoms with E-state index >= 15 is 0 Å². The van der Waals surface area contributed by atoms with Crippen LogP contribution < -0.4 is 4.90 Å². The number of benzene rings is 1. The molecule has 0 radical (unpaired) electrons. The third kappa shape index (κ3) is 1.70. The van der Waals surface area contributed by atoms with Crippen molar-refractivity contribution in [3.05, 3.63) is 58.7 Å². The lowest BCUT2D eigenvalue weighted by atomic mass is 10.0. The fraction of sp³-hybridized carbons (Fsp3) is 0.294. The van der Waals surface area contributed by atoms with Crippen LogP contribution in [0.5, 0.6) is 0 Å². The molecular formula is C17H18N2S. The molecule has 2 nitrogen and oxygen atoms in total. The molecule has 3 heteroatoms. The number of allylic oxidation sites excluding steroid dienone is 4. The highest BCUT2D eigenvalue weighted by Crippen LogP contribution is 2.48. The Balaban J connectivity index is 1.97. The summed E-state index contributed by atoms with van der Waals surface area (Å²) < 4.78 is 0. The van der Waals surface area contributed by atoms with E-state index in [4.69, 9.17) is 0 Å². The van der Waals surface area contributed by atoms with Crippen LogP contribution in [0.25, 0.3) is 0 Å². The maximum atomic E-state index is 2.50. The van der Waals surface area contributed by atoms with E-state index < -0.39 is 0 Å². The summed E-state index contributed by atoms with van der Waals surface area (Å²) in [6.45, 7) is 3.30. The van der Waals surface area contributed by atoms with Crippen LogP contribution in [0.15, 0.2) is 63.6 Å². The SMILES string of the molecule is CC1C2=C3CC=CC=C3Sc3ccccc3N2CN1C. The highest BCUT2D eigenvalue weighted by molar-refractivity contribution is 8.03. The molecule has 3 aliphatic rings. The Kier molecular flexibility index (Phi) is 2.79. The first-order chi connectivity index (χ1) is 9.75. The maximum Gasteiger partial charge on any atom is 0.0757 e. The van der Waals surface area contributed by atoms with Gasteiger partial charge in [0.05, 0.1) is 12.4 Å². The van der Waals surface area contributed by atoms with Crippen molar-refractivity contribution in [1.29, 1.82) is 0 Å². The van der Waals surface area contributed by atoms with Crippen LogP contribution in [-0.2, 0) is 0 Å². The lowest BCUT2D eigenvalue weighted by Crippen LogP contribution is -2.23. The molecule has 4 rings (SSSR count). The van der Waals surface area contributed by atoms with Crippen molar-refractivity contribution in [2.45, 2.75) is 24.3 Å². The third-order valence-electron chi connectivity index (χ3n) is 4.40. The van der Waals surface area contributed by atoms with E-state index in [-0.39, 0.29) is 0 Å². The lowest BCUT2D eigenvalue weighted by molar-refractivity contribution is 0.347. The molecule has 20 heavy (non-hydrogen) atoms. The second kappa shape index (κ2) is 4.54. The molecular weight excluding hydrogens is 264 g/mol. The van der Waals surface area contributed by atoms with Gasteiger partial charge in [-0.3, -0.25) is 4.90 Å². The van der Waals surface area contributed by atoms with Gasteiger partial charge in [-0.15, -0.1) is 0 Å². The highest BCUT2D eigenvalue weighted by atomic mass is 32.2. The fourth-order valence-corrected chi connectivity index (χ4v) is 4.35. The summed E-state index contributed by atoms with van der Waals surface area (Å²) in [5.41, 5.74) is 4.35. The summed E-state index contributed by atoms with van der Waals surface area (Å²) in [6.07, 6.45) is 7.78. The predicted octanol–water partition coefficient (Wildman–Crippen LogP) is 3.99. The zero-order valence-electron chi connectivity index (χ0n) is 11.8. The van der Waals surface area contributed by atoms with E-state index in [2.05, 4.69) is 66.3 Å². The van der Waals surface area contributed by atoms with Gasteiger partial charge in [0, 0.05) is 21.5 Å². The van der Waals surface area contributed by atoms with E-state index in [1.54, 1.807) is 0 Å². The maximum absolute atomic E-state index is 2.50. The Morgan fingerprint density at radius 2 is 2.10 bits per heavy atom. The number of hydrogen-bond donors (Lipinski definition) is 0. The third-order valence-corrected chi connectivity index (χ3v) is 5.57. The second-order valence-electron chi connectivity index (χ2n) is 5.60. The molecule has 1 saturated heterocycles. The van der Waals surface area contributed by atoms with Crippen molar-refractivity contribution in [1.82, 2.24) is 4.90 Å². The molecule has 0 spiro atoms. The van der Waals surface area contributed by atoms with Crippen molar-refractivity contribution >= 4 is 17.4 Å². The standard InChI is InChI=1S/C17H18N2S/c1-12-17-13-7-3-5-9-15(13)20-16-10-6-4-8-14(16)19(17)11-18(12)2/h3-6,8-10,12H,7,11H2,1-2H3. The number of likely N-dealkylation sites (N-methyl/N-ethyl adjacent to an activating group) is 1. The molecule has 1 fully saturated rings. The Labute approximate surface area is 124 Å². The van der Waals surface area contributed by atoms with Crippen molar-refractivity contribution in [2.24, 2.45) is 0 Å². The Bertz CT molecular complexity index is 657. The fourth-order valence-electron chi connectivity index (χ4n) is 3.23. The topological polar surface area (TPSA) is 6.48 Å². The molecule has 1 aromatic carbocycles. The monoisotopic (exact) mass is 282 g/mol. The summed E-state index contributed by atoms with van der Waals surface area (Å²) >= 11 is 1.91. The Morgan fingerprint density at radius 1 is 1.25 bits per heavy atom. The molecule has 102 valence electrons. The predicted molar refractivity (Wildman–Crippen MR) is 85.7 cm³/mol. The van der Waals surface area contributed by atoms with Gasteiger partial charge in [0.15, 0.2) is 0 Å². The molecule has 1 atom stereocenters. The molecule has 2 aliphatic heterocycles. The number of para-hydroxylation sites is 1.